The van der Waals surface area contributed by atoms with Crippen LogP contribution < -0.4 is 50.3 Å². The minimum absolute atomic E-state index is 0.0476. The van der Waals surface area contributed by atoms with Gasteiger partial charge in [0.25, 0.3) is 5.56 Å². The Hall–Kier alpha value is -5.97. The van der Waals surface area contributed by atoms with Crippen LogP contribution in [0.5, 0.6) is 34.5 Å². The first-order chi connectivity index (χ1) is 26.6. The second-order valence-corrected chi connectivity index (χ2v) is 13.6. The van der Waals surface area contributed by atoms with E-state index < -0.39 is 64.2 Å². The Bertz CT molecular complexity index is 2240. The lowest BCUT2D eigenvalue weighted by molar-refractivity contribution is -0.122. The Morgan fingerprint density at radius 1 is 0.893 bits per heavy atom. The number of amides is 2. The van der Waals surface area contributed by atoms with Gasteiger partial charge in [-0.15, -0.1) is 0 Å². The summed E-state index contributed by atoms with van der Waals surface area (Å²) in [6.07, 6.45) is -0.901. The number of allylic oxidation sites excluding steroid dienone is 1. The van der Waals surface area contributed by atoms with Gasteiger partial charge in [0.05, 0.1) is 42.1 Å². The van der Waals surface area contributed by atoms with Gasteiger partial charge in [0.15, 0.2) is 28.8 Å². The lowest BCUT2D eigenvalue weighted by atomic mass is 9.69. The minimum atomic E-state index is -2.13. The maximum atomic E-state index is 14.4. The predicted octanol–water partition coefficient (Wildman–Crippen LogP) is 2.51. The second kappa shape index (κ2) is 16.4. The topological polar surface area (TPSA) is 212 Å². The molecule has 1 aromatic heterocycles. The molecule has 1 aliphatic carbocycles. The van der Waals surface area contributed by atoms with Gasteiger partial charge in [0.1, 0.15) is 22.1 Å². The summed E-state index contributed by atoms with van der Waals surface area (Å²) in [5, 5.41) is 17.5. The third kappa shape index (κ3) is 7.13. The van der Waals surface area contributed by atoms with Crippen molar-refractivity contribution < 1.29 is 52.7 Å². The standard InChI is InChI=1S/C38H43ClN4O13/c1-18-11-22(44)30(35(48)38(18)36(49)31-23(51-4)16-24(52-5)32(39)34(31)56-38)21(19-12-25(53-6)33(55-8)26(13-19)54-7)15-28(46)40-10-9-27(45)41-17-20-14-29(47)43(3)37(50)42(20)2/h12-14,16,18,21,48H,9-11,15,17H2,1-8H3,(H,40,46)(H,41,45)/t18-,21?,38+/m1/s1. The van der Waals surface area contributed by atoms with Crippen molar-refractivity contribution in [1.82, 2.24) is 19.8 Å². The molecule has 300 valence electrons. The molecule has 2 amide bonds. The number of nitrogens with one attached hydrogen (secondary N) is 2. The number of aliphatic hydroxyl groups is 1. The fourth-order valence-corrected chi connectivity index (χ4v) is 7.29. The number of ether oxygens (including phenoxy) is 6. The number of hydrogen-bond donors (Lipinski definition) is 3. The zero-order valence-electron chi connectivity index (χ0n) is 32.1. The van der Waals surface area contributed by atoms with Crippen molar-refractivity contribution in [2.45, 2.75) is 44.2 Å². The van der Waals surface area contributed by atoms with E-state index in [9.17, 15) is 33.9 Å². The molecule has 1 spiro atoms. The third-order valence-corrected chi connectivity index (χ3v) is 10.5. The maximum absolute atomic E-state index is 14.4. The largest absolute Gasteiger partial charge is 0.507 e. The van der Waals surface area contributed by atoms with Gasteiger partial charge >= 0.3 is 5.69 Å². The minimum Gasteiger partial charge on any atom is -0.507 e. The SMILES string of the molecule is COc1cc(OC)c2c(c1Cl)O[C@]1(C2=O)C(O)=C(C(CC(=O)NCCC(=O)NCc2cc(=O)n(C)c(=O)n2C)c2cc(OC)c(OC)c(OC)c2)C(=O)C[C@H]1C. The number of hydrogen-bond acceptors (Lipinski definition) is 13. The summed E-state index contributed by atoms with van der Waals surface area (Å²) in [6, 6.07) is 5.69. The van der Waals surface area contributed by atoms with Crippen molar-refractivity contribution >= 4 is 35.0 Å². The van der Waals surface area contributed by atoms with Crippen molar-refractivity contribution in [3.63, 3.8) is 0 Å². The molecule has 17 nitrogen and oxygen atoms in total. The molecule has 0 saturated carbocycles. The molecular formula is C38H43ClN4O13. The number of rotatable bonds is 14. The quantitative estimate of drug-likeness (QED) is 0.214. The number of aromatic nitrogens is 2. The highest BCUT2D eigenvalue weighted by Crippen LogP contribution is 2.56. The Morgan fingerprint density at radius 3 is 2.11 bits per heavy atom. The van der Waals surface area contributed by atoms with Crippen LogP contribution in [-0.2, 0) is 35.0 Å². The summed E-state index contributed by atoms with van der Waals surface area (Å²) in [5.74, 6) is -4.49. The molecule has 18 heteroatoms. The third-order valence-electron chi connectivity index (χ3n) is 10.1. The van der Waals surface area contributed by atoms with Crippen molar-refractivity contribution in [1.29, 1.82) is 0 Å². The molecule has 2 aromatic carbocycles. The molecule has 0 saturated heterocycles. The molecule has 1 aliphatic heterocycles. The molecule has 3 atom stereocenters. The van der Waals surface area contributed by atoms with Crippen molar-refractivity contribution in [3.8, 4) is 34.5 Å². The lowest BCUT2D eigenvalue weighted by Gasteiger charge is -2.38. The molecule has 56 heavy (non-hydrogen) atoms. The Morgan fingerprint density at radius 2 is 1.52 bits per heavy atom. The number of fused-ring (bicyclic) bond motifs is 1. The van der Waals surface area contributed by atoms with E-state index in [1.165, 1.54) is 78.5 Å². The Balaban J connectivity index is 1.49. The summed E-state index contributed by atoms with van der Waals surface area (Å²) < 4.78 is 35.9. The Labute approximate surface area is 326 Å². The lowest BCUT2D eigenvalue weighted by Crippen LogP contribution is -2.53. The van der Waals surface area contributed by atoms with Crippen molar-refractivity contribution in [3.05, 3.63) is 78.3 Å². The van der Waals surface area contributed by atoms with E-state index in [1.807, 2.05) is 0 Å². The van der Waals surface area contributed by atoms with Crippen LogP contribution in [0, 0.1) is 5.92 Å². The van der Waals surface area contributed by atoms with Crippen LogP contribution in [0.15, 0.2) is 45.2 Å². The van der Waals surface area contributed by atoms with Crippen LogP contribution in [0.25, 0.3) is 0 Å². The average molecular weight is 799 g/mol. The van der Waals surface area contributed by atoms with Crippen LogP contribution >= 0.6 is 11.6 Å². The van der Waals surface area contributed by atoms with Gasteiger partial charge in [-0.1, -0.05) is 18.5 Å². The zero-order chi connectivity index (χ0) is 41.2. The van der Waals surface area contributed by atoms with E-state index in [1.54, 1.807) is 6.92 Å². The fourth-order valence-electron chi connectivity index (χ4n) is 7.03. The molecule has 0 bridgehead atoms. The molecular weight excluding hydrogens is 756 g/mol. The summed E-state index contributed by atoms with van der Waals surface area (Å²) >= 11 is 6.61. The molecule has 2 aliphatic rings. The number of Topliss-reactive ketones (excluding diaryl/α,β-unsaturated/α-hetero) is 2. The molecule has 3 aromatic rings. The number of halogens is 1. The average Bonchev–Trinajstić information content (AvgIpc) is 3.50. The molecule has 3 N–H and O–H groups in total. The maximum Gasteiger partial charge on any atom is 0.330 e. The number of carbonyl (C=O) groups excluding carboxylic acids is 4. The Kier molecular flexibility index (Phi) is 12.1. The zero-order valence-corrected chi connectivity index (χ0v) is 32.9. The highest BCUT2D eigenvalue weighted by molar-refractivity contribution is 6.35. The number of nitrogens with zero attached hydrogens (tertiary/aromatic N) is 2. The van der Waals surface area contributed by atoms with Crippen LogP contribution in [0.4, 0.5) is 0 Å². The van der Waals surface area contributed by atoms with Crippen molar-refractivity contribution in [2.75, 3.05) is 42.1 Å². The monoisotopic (exact) mass is 798 g/mol. The van der Waals surface area contributed by atoms with E-state index in [0.29, 0.717) is 0 Å². The van der Waals surface area contributed by atoms with Gasteiger partial charge < -0.3 is 44.2 Å². The van der Waals surface area contributed by atoms with Crippen molar-refractivity contribution in [2.24, 2.45) is 20.0 Å². The summed E-state index contributed by atoms with van der Waals surface area (Å²) in [5.41, 5.74) is -2.96. The molecule has 5 rings (SSSR count). The van der Waals surface area contributed by atoms with Crippen LogP contribution in [0.1, 0.15) is 53.7 Å². The van der Waals surface area contributed by atoms with Gasteiger partial charge in [-0.2, -0.15) is 0 Å². The smallest absolute Gasteiger partial charge is 0.330 e. The van der Waals surface area contributed by atoms with E-state index in [0.717, 1.165) is 4.57 Å². The highest BCUT2D eigenvalue weighted by atomic mass is 35.5. The van der Waals surface area contributed by atoms with Crippen LogP contribution in [-0.4, -0.2) is 85.3 Å². The number of benzene rings is 2. The molecule has 1 unspecified atom stereocenters. The summed E-state index contributed by atoms with van der Waals surface area (Å²) in [7, 11) is 9.70. The molecule has 0 radical (unpaired) electrons. The van der Waals surface area contributed by atoms with E-state index in [4.69, 9.17) is 40.0 Å². The van der Waals surface area contributed by atoms with Crippen LogP contribution in [0.2, 0.25) is 5.02 Å². The van der Waals surface area contributed by atoms with E-state index >= 15 is 0 Å². The van der Waals surface area contributed by atoms with Gasteiger partial charge in [-0.3, -0.25) is 33.1 Å². The summed E-state index contributed by atoms with van der Waals surface area (Å²) in [4.78, 5) is 79.2. The highest BCUT2D eigenvalue weighted by Gasteiger charge is 2.61. The van der Waals surface area contributed by atoms with Gasteiger partial charge in [-0.25, -0.2) is 4.79 Å². The number of carbonyl (C=O) groups is 4. The van der Waals surface area contributed by atoms with E-state index in [-0.39, 0.29) is 87.8 Å². The normalized spacial score (nSPS) is 17.9. The first-order valence-corrected chi connectivity index (χ1v) is 17.7. The number of ketones is 2. The fraction of sp³-hybridized carbons (Fsp3) is 0.421. The van der Waals surface area contributed by atoms with Gasteiger partial charge in [-0.05, 0) is 17.7 Å². The second-order valence-electron chi connectivity index (χ2n) is 13.2. The number of methoxy groups -OCH3 is 5. The van der Waals surface area contributed by atoms with Crippen LogP contribution in [0.3, 0.4) is 0 Å². The van der Waals surface area contributed by atoms with Gasteiger partial charge in [0, 0.05) is 75.1 Å². The number of aliphatic hydroxyl groups excluding tert-OH is 1. The first-order valence-electron chi connectivity index (χ1n) is 17.3. The van der Waals surface area contributed by atoms with E-state index in [2.05, 4.69) is 10.6 Å². The van der Waals surface area contributed by atoms with Gasteiger partial charge in [0.2, 0.25) is 28.9 Å². The first kappa shape index (κ1) is 41.2. The molecule has 2 heterocycles. The predicted molar refractivity (Wildman–Crippen MR) is 201 cm³/mol. The molecule has 0 fully saturated rings. The summed E-state index contributed by atoms with van der Waals surface area (Å²) in [6.45, 7) is 1.33.